The van der Waals surface area contributed by atoms with E-state index in [4.69, 9.17) is 0 Å². The molecule has 3 heteroatoms. The van der Waals surface area contributed by atoms with Gasteiger partial charge in [0.2, 0.25) is 0 Å². The number of nitrogens with zero attached hydrogens (tertiary/aromatic N) is 2. The second kappa shape index (κ2) is 6.44. The average Bonchev–Trinajstić information content (AvgIpc) is 3.01. The van der Waals surface area contributed by atoms with Crippen LogP contribution in [0, 0.1) is 11.8 Å². The fraction of sp³-hybridized carbons (Fsp3) is 0.500. The molecule has 0 aliphatic heterocycles. The molecule has 1 aliphatic carbocycles. The van der Waals surface area contributed by atoms with Crippen LogP contribution in [0.25, 0.3) is 5.69 Å². The summed E-state index contributed by atoms with van der Waals surface area (Å²) in [4.78, 5) is 0. The molecule has 21 heavy (non-hydrogen) atoms. The van der Waals surface area contributed by atoms with E-state index in [9.17, 15) is 0 Å². The van der Waals surface area contributed by atoms with Crippen molar-refractivity contribution in [3.05, 3.63) is 48.3 Å². The standard InChI is InChI=1S/C18H25N3/c1-14-4-9-18(15(2)12-14)19-13-16-5-7-17(8-6-16)21-11-3-10-20-21/h3,5-8,10-11,14-15,18-19H,4,9,12-13H2,1-2H3. The number of nitrogens with one attached hydrogen (secondary N) is 1. The molecule has 1 fully saturated rings. The van der Waals surface area contributed by atoms with Gasteiger partial charge in [0.1, 0.15) is 0 Å². The van der Waals surface area contributed by atoms with E-state index in [0.29, 0.717) is 6.04 Å². The molecule has 1 aromatic heterocycles. The molecule has 0 bridgehead atoms. The largest absolute Gasteiger partial charge is 0.310 e. The lowest BCUT2D eigenvalue weighted by atomic mass is 9.80. The van der Waals surface area contributed by atoms with Gasteiger partial charge < -0.3 is 5.32 Å². The molecule has 0 radical (unpaired) electrons. The molecule has 2 aromatic rings. The predicted octanol–water partition coefficient (Wildman–Crippen LogP) is 3.79. The lowest BCUT2D eigenvalue weighted by Crippen LogP contribution is -2.38. The highest BCUT2D eigenvalue weighted by atomic mass is 15.3. The Labute approximate surface area is 127 Å². The molecule has 0 spiro atoms. The van der Waals surface area contributed by atoms with Gasteiger partial charge in [-0.05, 0) is 54.9 Å². The Morgan fingerprint density at radius 2 is 2.00 bits per heavy atom. The fourth-order valence-electron chi connectivity index (χ4n) is 3.41. The van der Waals surface area contributed by atoms with Crippen LogP contribution >= 0.6 is 0 Å². The quantitative estimate of drug-likeness (QED) is 0.925. The van der Waals surface area contributed by atoms with Crippen molar-refractivity contribution in [3.63, 3.8) is 0 Å². The van der Waals surface area contributed by atoms with E-state index >= 15 is 0 Å². The van der Waals surface area contributed by atoms with Crippen molar-refractivity contribution in [1.82, 2.24) is 15.1 Å². The summed E-state index contributed by atoms with van der Waals surface area (Å²) in [6.07, 6.45) is 7.81. The topological polar surface area (TPSA) is 29.9 Å². The molecule has 3 unspecified atom stereocenters. The minimum Gasteiger partial charge on any atom is -0.310 e. The predicted molar refractivity (Wildman–Crippen MR) is 86.4 cm³/mol. The van der Waals surface area contributed by atoms with Crippen LogP contribution < -0.4 is 5.32 Å². The van der Waals surface area contributed by atoms with Gasteiger partial charge in [-0.2, -0.15) is 5.10 Å². The third-order valence-corrected chi connectivity index (χ3v) is 4.71. The average molecular weight is 283 g/mol. The molecule has 0 saturated heterocycles. The molecule has 1 saturated carbocycles. The first-order valence-corrected chi connectivity index (χ1v) is 8.04. The monoisotopic (exact) mass is 283 g/mol. The first-order valence-electron chi connectivity index (χ1n) is 8.04. The van der Waals surface area contributed by atoms with E-state index in [1.54, 1.807) is 6.20 Å². The van der Waals surface area contributed by atoms with Crippen LogP contribution in [0.3, 0.4) is 0 Å². The summed E-state index contributed by atoms with van der Waals surface area (Å²) in [6, 6.07) is 11.3. The number of rotatable bonds is 4. The lowest BCUT2D eigenvalue weighted by molar-refractivity contribution is 0.227. The summed E-state index contributed by atoms with van der Waals surface area (Å²) in [7, 11) is 0. The Morgan fingerprint density at radius 1 is 1.19 bits per heavy atom. The summed E-state index contributed by atoms with van der Waals surface area (Å²) < 4.78 is 1.89. The zero-order valence-electron chi connectivity index (χ0n) is 13.0. The van der Waals surface area contributed by atoms with Crippen molar-refractivity contribution < 1.29 is 0 Å². The number of hydrogen-bond acceptors (Lipinski definition) is 2. The second-order valence-electron chi connectivity index (χ2n) is 6.50. The van der Waals surface area contributed by atoms with Crippen molar-refractivity contribution in [1.29, 1.82) is 0 Å². The Morgan fingerprint density at radius 3 is 2.67 bits per heavy atom. The summed E-state index contributed by atoms with van der Waals surface area (Å²) in [6.45, 7) is 5.72. The van der Waals surface area contributed by atoms with Crippen molar-refractivity contribution in [3.8, 4) is 5.69 Å². The minimum absolute atomic E-state index is 0.673. The molecule has 1 aromatic carbocycles. The van der Waals surface area contributed by atoms with Crippen molar-refractivity contribution >= 4 is 0 Å². The van der Waals surface area contributed by atoms with Gasteiger partial charge in [-0.3, -0.25) is 0 Å². The van der Waals surface area contributed by atoms with E-state index in [-0.39, 0.29) is 0 Å². The minimum atomic E-state index is 0.673. The zero-order chi connectivity index (χ0) is 14.7. The third kappa shape index (κ3) is 3.53. The van der Waals surface area contributed by atoms with Gasteiger partial charge in [0, 0.05) is 25.0 Å². The highest BCUT2D eigenvalue weighted by Crippen LogP contribution is 2.28. The molecule has 3 nitrogen and oxygen atoms in total. The van der Waals surface area contributed by atoms with Crippen molar-refractivity contribution in [2.45, 2.75) is 45.7 Å². The summed E-state index contributed by atoms with van der Waals surface area (Å²) in [5, 5.41) is 7.99. The molecule has 0 amide bonds. The lowest BCUT2D eigenvalue weighted by Gasteiger charge is -2.33. The molecule has 1 aliphatic rings. The third-order valence-electron chi connectivity index (χ3n) is 4.71. The van der Waals surface area contributed by atoms with E-state index in [1.165, 1.54) is 24.8 Å². The number of hydrogen-bond donors (Lipinski definition) is 1. The van der Waals surface area contributed by atoms with E-state index < -0.39 is 0 Å². The highest BCUT2D eigenvalue weighted by molar-refractivity contribution is 5.33. The second-order valence-corrected chi connectivity index (χ2v) is 6.50. The Bertz CT molecular complexity index is 544. The molecule has 3 atom stereocenters. The maximum Gasteiger partial charge on any atom is 0.0645 e. The van der Waals surface area contributed by atoms with E-state index in [0.717, 1.165) is 24.1 Å². The Balaban J connectivity index is 1.56. The normalized spacial score (nSPS) is 25.9. The van der Waals surface area contributed by atoms with Crippen LogP contribution in [0.2, 0.25) is 0 Å². The molecule has 3 rings (SSSR count). The first kappa shape index (κ1) is 14.3. The molecule has 1 heterocycles. The van der Waals surface area contributed by atoms with Gasteiger partial charge >= 0.3 is 0 Å². The van der Waals surface area contributed by atoms with Crippen LogP contribution in [-0.2, 0) is 6.54 Å². The number of benzene rings is 1. The van der Waals surface area contributed by atoms with Crippen molar-refractivity contribution in [2.24, 2.45) is 11.8 Å². The van der Waals surface area contributed by atoms with Gasteiger partial charge in [-0.1, -0.05) is 26.0 Å². The van der Waals surface area contributed by atoms with Crippen LogP contribution in [0.5, 0.6) is 0 Å². The van der Waals surface area contributed by atoms with E-state index in [1.807, 2.05) is 16.9 Å². The van der Waals surface area contributed by atoms with E-state index in [2.05, 4.69) is 48.5 Å². The smallest absolute Gasteiger partial charge is 0.0645 e. The van der Waals surface area contributed by atoms with Crippen LogP contribution in [0.1, 0.15) is 38.7 Å². The molecule has 1 N–H and O–H groups in total. The Hall–Kier alpha value is -1.61. The first-order chi connectivity index (χ1) is 10.2. The molecular weight excluding hydrogens is 258 g/mol. The SMILES string of the molecule is CC1CCC(NCc2ccc(-n3cccn3)cc2)C(C)C1. The van der Waals surface area contributed by atoms with Crippen LogP contribution in [0.15, 0.2) is 42.7 Å². The Kier molecular flexibility index (Phi) is 4.39. The van der Waals surface area contributed by atoms with Crippen LogP contribution in [0.4, 0.5) is 0 Å². The maximum absolute atomic E-state index is 4.25. The van der Waals surface area contributed by atoms with Gasteiger partial charge in [0.25, 0.3) is 0 Å². The fourth-order valence-corrected chi connectivity index (χ4v) is 3.41. The van der Waals surface area contributed by atoms with Gasteiger partial charge in [-0.15, -0.1) is 0 Å². The highest BCUT2D eigenvalue weighted by Gasteiger charge is 2.24. The summed E-state index contributed by atoms with van der Waals surface area (Å²) in [5.74, 6) is 1.68. The molecular formula is C18H25N3. The summed E-state index contributed by atoms with van der Waals surface area (Å²) >= 11 is 0. The van der Waals surface area contributed by atoms with Crippen molar-refractivity contribution in [2.75, 3.05) is 0 Å². The molecule has 112 valence electrons. The van der Waals surface area contributed by atoms with Gasteiger partial charge in [-0.25, -0.2) is 4.68 Å². The summed E-state index contributed by atoms with van der Waals surface area (Å²) in [5.41, 5.74) is 2.46. The van der Waals surface area contributed by atoms with Gasteiger partial charge in [0.15, 0.2) is 0 Å². The van der Waals surface area contributed by atoms with Crippen LogP contribution in [-0.4, -0.2) is 15.8 Å². The van der Waals surface area contributed by atoms with Gasteiger partial charge in [0.05, 0.1) is 5.69 Å². The zero-order valence-corrected chi connectivity index (χ0v) is 13.0. The number of aromatic nitrogens is 2. The maximum atomic E-state index is 4.25.